The Morgan fingerprint density at radius 1 is 1.24 bits per heavy atom. The summed E-state index contributed by atoms with van der Waals surface area (Å²) in [7, 11) is 3.06. The lowest BCUT2D eigenvalue weighted by molar-refractivity contribution is -0.150. The molecule has 1 aliphatic carbocycles. The summed E-state index contributed by atoms with van der Waals surface area (Å²) in [5.74, 6) is -1.16. The van der Waals surface area contributed by atoms with Gasteiger partial charge in [-0.25, -0.2) is 9.59 Å². The van der Waals surface area contributed by atoms with Crippen LogP contribution in [0.3, 0.4) is 0 Å². The van der Waals surface area contributed by atoms with E-state index >= 15 is 0 Å². The van der Waals surface area contributed by atoms with Gasteiger partial charge < -0.3 is 20.1 Å². The molecule has 1 saturated heterocycles. The van der Waals surface area contributed by atoms with Crippen molar-refractivity contribution in [1.82, 2.24) is 15.1 Å². The van der Waals surface area contributed by atoms with Crippen LogP contribution >= 0.6 is 11.8 Å². The Kier molecular flexibility index (Phi) is 6.71. The normalized spacial score (nSPS) is 24.5. The summed E-state index contributed by atoms with van der Waals surface area (Å²) in [4.78, 5) is 50.8. The minimum atomic E-state index is -1.24. The van der Waals surface area contributed by atoms with Gasteiger partial charge in [-0.15, -0.1) is 11.8 Å². The van der Waals surface area contributed by atoms with Crippen molar-refractivity contribution in [1.29, 1.82) is 0 Å². The Hall–Kier alpha value is -2.23. The third-order valence-corrected chi connectivity index (χ3v) is 6.84. The summed E-state index contributed by atoms with van der Waals surface area (Å²) < 4.78 is 5.09. The maximum atomic E-state index is 12.6. The van der Waals surface area contributed by atoms with Crippen molar-refractivity contribution in [3.63, 3.8) is 0 Å². The van der Waals surface area contributed by atoms with Crippen molar-refractivity contribution < 1.29 is 29.0 Å². The van der Waals surface area contributed by atoms with Crippen molar-refractivity contribution in [2.24, 2.45) is 5.92 Å². The third kappa shape index (κ3) is 4.68. The number of hydrogen-bond donors (Lipinski definition) is 2. The van der Waals surface area contributed by atoms with Gasteiger partial charge in [0.05, 0.1) is 0 Å². The number of nitrogens with zero attached hydrogens (tertiary/aromatic N) is 2. The molecule has 2 fully saturated rings. The standard InChI is InChI=1S/C19H27N3O6S/c1-21(2)19(27)28-9-12-10-29-17-14(16(24)22(17)15(12)18(25)26)20-13(23)8-11-6-4-3-5-7-11/h11,14,17H,3-10H2,1-2H3,(H,20,23)(H,25,26). The minimum Gasteiger partial charge on any atom is -0.477 e. The van der Waals surface area contributed by atoms with Crippen molar-refractivity contribution in [2.45, 2.75) is 49.9 Å². The Morgan fingerprint density at radius 3 is 2.55 bits per heavy atom. The predicted molar refractivity (Wildman–Crippen MR) is 106 cm³/mol. The van der Waals surface area contributed by atoms with Crippen LogP contribution in [0.2, 0.25) is 0 Å². The van der Waals surface area contributed by atoms with Crippen LogP contribution in [0.1, 0.15) is 38.5 Å². The molecule has 3 aliphatic rings. The molecule has 0 aromatic carbocycles. The van der Waals surface area contributed by atoms with Crippen LogP contribution in [0, 0.1) is 5.92 Å². The number of nitrogens with one attached hydrogen (secondary N) is 1. The minimum absolute atomic E-state index is 0.150. The lowest BCUT2D eigenvalue weighted by Gasteiger charge is -2.49. The fourth-order valence-corrected chi connectivity index (χ4v) is 5.29. The quantitative estimate of drug-likeness (QED) is 0.618. The van der Waals surface area contributed by atoms with E-state index in [4.69, 9.17) is 4.74 Å². The molecule has 9 nitrogen and oxygen atoms in total. The monoisotopic (exact) mass is 425 g/mol. The first-order valence-electron chi connectivity index (χ1n) is 9.83. The van der Waals surface area contributed by atoms with Gasteiger partial charge in [0.15, 0.2) is 0 Å². The van der Waals surface area contributed by atoms with Gasteiger partial charge in [-0.05, 0) is 18.8 Å². The van der Waals surface area contributed by atoms with E-state index in [9.17, 15) is 24.3 Å². The lowest BCUT2D eigenvalue weighted by Crippen LogP contribution is -2.70. The van der Waals surface area contributed by atoms with Gasteiger partial charge in [0.25, 0.3) is 5.91 Å². The number of thioether (sulfide) groups is 1. The van der Waals surface area contributed by atoms with Gasteiger partial charge in [0.2, 0.25) is 5.91 Å². The second-order valence-corrected chi connectivity index (χ2v) is 8.97. The molecular formula is C19H27N3O6S. The van der Waals surface area contributed by atoms with E-state index < -0.39 is 29.4 Å². The first kappa shape index (κ1) is 21.5. The molecule has 0 bridgehead atoms. The summed E-state index contributed by atoms with van der Waals surface area (Å²) in [6.07, 6.45) is 5.39. The lowest BCUT2D eigenvalue weighted by atomic mass is 9.86. The van der Waals surface area contributed by atoms with Crippen LogP contribution in [0.25, 0.3) is 0 Å². The zero-order valence-electron chi connectivity index (χ0n) is 16.7. The largest absolute Gasteiger partial charge is 0.477 e. The molecule has 0 radical (unpaired) electrons. The first-order chi connectivity index (χ1) is 13.8. The molecular weight excluding hydrogens is 398 g/mol. The van der Waals surface area contributed by atoms with Crippen molar-refractivity contribution in [3.05, 3.63) is 11.3 Å². The van der Waals surface area contributed by atoms with Crippen molar-refractivity contribution >= 4 is 35.6 Å². The predicted octanol–water partition coefficient (Wildman–Crippen LogP) is 1.39. The molecule has 0 aromatic heterocycles. The molecule has 0 aromatic rings. The molecule has 10 heteroatoms. The highest BCUT2D eigenvalue weighted by Crippen LogP contribution is 2.40. The number of β-lactam (4-membered cyclic amide) rings is 1. The zero-order chi connectivity index (χ0) is 21.1. The summed E-state index contributed by atoms with van der Waals surface area (Å²) >= 11 is 1.37. The fourth-order valence-electron chi connectivity index (χ4n) is 3.96. The average molecular weight is 426 g/mol. The summed E-state index contributed by atoms with van der Waals surface area (Å²) in [5.41, 5.74) is 0.220. The Balaban J connectivity index is 1.62. The van der Waals surface area contributed by atoms with Crippen LogP contribution in [-0.2, 0) is 19.1 Å². The molecule has 2 N–H and O–H groups in total. The van der Waals surface area contributed by atoms with E-state index in [1.165, 1.54) is 42.1 Å². The highest BCUT2D eigenvalue weighted by atomic mass is 32.2. The Labute approximate surface area is 173 Å². The highest BCUT2D eigenvalue weighted by Gasteiger charge is 2.54. The van der Waals surface area contributed by atoms with Crippen LogP contribution < -0.4 is 5.32 Å². The van der Waals surface area contributed by atoms with E-state index in [1.54, 1.807) is 0 Å². The van der Waals surface area contributed by atoms with Gasteiger partial charge in [0.1, 0.15) is 23.7 Å². The maximum absolute atomic E-state index is 12.6. The number of ether oxygens (including phenoxy) is 1. The molecule has 2 aliphatic heterocycles. The molecule has 3 amide bonds. The number of carboxylic acids is 1. The van der Waals surface area contributed by atoms with E-state index in [0.29, 0.717) is 23.7 Å². The second kappa shape index (κ2) is 9.06. The molecule has 2 unspecified atom stereocenters. The van der Waals surface area contributed by atoms with Crippen LogP contribution in [-0.4, -0.2) is 76.7 Å². The zero-order valence-corrected chi connectivity index (χ0v) is 17.5. The molecule has 3 rings (SSSR count). The van der Waals surface area contributed by atoms with E-state index in [-0.39, 0.29) is 18.2 Å². The Morgan fingerprint density at radius 2 is 1.93 bits per heavy atom. The van der Waals surface area contributed by atoms with Crippen molar-refractivity contribution in [2.75, 3.05) is 26.5 Å². The van der Waals surface area contributed by atoms with Gasteiger partial charge in [0, 0.05) is 31.8 Å². The number of rotatable bonds is 6. The van der Waals surface area contributed by atoms with Crippen molar-refractivity contribution in [3.8, 4) is 0 Å². The molecule has 1 saturated carbocycles. The topological polar surface area (TPSA) is 116 Å². The average Bonchev–Trinajstić information content (AvgIpc) is 2.69. The number of carboxylic acid groups (broad SMARTS) is 1. The van der Waals surface area contributed by atoms with E-state index in [0.717, 1.165) is 25.7 Å². The number of amides is 3. The number of fused-ring (bicyclic) bond motifs is 1. The van der Waals surface area contributed by atoms with Crippen LogP contribution in [0.15, 0.2) is 11.3 Å². The summed E-state index contributed by atoms with van der Waals surface area (Å²) in [6.45, 7) is -0.194. The molecule has 0 spiro atoms. The van der Waals surface area contributed by atoms with Gasteiger partial charge in [-0.1, -0.05) is 19.3 Å². The molecule has 160 valence electrons. The number of aliphatic carboxylic acids is 1. The van der Waals surface area contributed by atoms with Gasteiger partial charge in [-0.2, -0.15) is 0 Å². The molecule has 2 heterocycles. The number of hydrogen-bond acceptors (Lipinski definition) is 6. The number of carbonyl (C=O) groups is 4. The SMILES string of the molecule is CN(C)C(=O)OCC1=C(C(=O)O)N2C(=O)C(NC(=O)CC3CCCCC3)C2SC1. The van der Waals surface area contributed by atoms with E-state index in [2.05, 4.69) is 5.32 Å². The Bertz CT molecular complexity index is 731. The molecule has 2 atom stereocenters. The smallest absolute Gasteiger partial charge is 0.409 e. The fraction of sp³-hybridized carbons (Fsp3) is 0.684. The van der Waals surface area contributed by atoms with Crippen LogP contribution in [0.4, 0.5) is 4.79 Å². The highest BCUT2D eigenvalue weighted by molar-refractivity contribution is 8.00. The maximum Gasteiger partial charge on any atom is 0.409 e. The number of carbonyl (C=O) groups excluding carboxylic acids is 3. The van der Waals surface area contributed by atoms with Gasteiger partial charge in [-0.3, -0.25) is 14.5 Å². The molecule has 29 heavy (non-hydrogen) atoms. The third-order valence-electron chi connectivity index (χ3n) is 5.50. The van der Waals surface area contributed by atoms with E-state index in [1.807, 2.05) is 0 Å². The van der Waals surface area contributed by atoms with Gasteiger partial charge >= 0.3 is 12.1 Å². The van der Waals surface area contributed by atoms with Crippen LogP contribution in [0.5, 0.6) is 0 Å². The first-order valence-corrected chi connectivity index (χ1v) is 10.9. The second-order valence-electron chi connectivity index (χ2n) is 7.87. The summed E-state index contributed by atoms with van der Waals surface area (Å²) in [6, 6.07) is -0.712. The summed E-state index contributed by atoms with van der Waals surface area (Å²) in [5, 5.41) is 12.0.